The molecule has 0 atom stereocenters. The Morgan fingerprint density at radius 1 is 1.12 bits per heavy atom. The van der Waals surface area contributed by atoms with Crippen LogP contribution in [0.15, 0.2) is 6.07 Å². The molecule has 3 aromatic heterocycles. The predicted molar refractivity (Wildman–Crippen MR) is 95.2 cm³/mol. The zero-order chi connectivity index (χ0) is 17.3. The van der Waals surface area contributed by atoms with E-state index in [1.165, 1.54) is 5.69 Å². The maximum atomic E-state index is 4.65. The Morgan fingerprint density at radius 2 is 1.92 bits per heavy atom. The first-order valence-corrected chi connectivity index (χ1v) is 8.44. The van der Waals surface area contributed by atoms with Gasteiger partial charge in [-0.15, -0.1) is 0 Å². The molecule has 0 radical (unpaired) electrons. The number of aromatic nitrogens is 6. The van der Waals surface area contributed by atoms with E-state index in [9.17, 15) is 0 Å². The highest BCUT2D eigenvalue weighted by Crippen LogP contribution is 2.22. The van der Waals surface area contributed by atoms with Gasteiger partial charge in [0.1, 0.15) is 16.9 Å². The molecule has 24 heavy (non-hydrogen) atoms. The third-order valence-corrected chi connectivity index (χ3v) is 4.16. The molecule has 3 rings (SSSR count). The van der Waals surface area contributed by atoms with Gasteiger partial charge in [0.2, 0.25) is 0 Å². The molecule has 1 N–H and O–H groups in total. The summed E-state index contributed by atoms with van der Waals surface area (Å²) in [6.07, 6.45) is 1.79. The summed E-state index contributed by atoms with van der Waals surface area (Å²) < 4.78 is 3.91. The number of aryl methyl sites for hydroxylation is 6. The van der Waals surface area contributed by atoms with E-state index in [2.05, 4.69) is 50.1 Å². The fourth-order valence-electron chi connectivity index (χ4n) is 3.00. The first-order chi connectivity index (χ1) is 11.5. The number of rotatable bonds is 6. The molecule has 0 saturated heterocycles. The second-order valence-electron chi connectivity index (χ2n) is 6.18. The van der Waals surface area contributed by atoms with Crippen LogP contribution in [0, 0.1) is 20.8 Å². The van der Waals surface area contributed by atoms with Gasteiger partial charge in [0.25, 0.3) is 0 Å². The maximum Gasteiger partial charge on any atom is 0.156 e. The molecule has 0 aliphatic heterocycles. The molecule has 0 bridgehead atoms. The van der Waals surface area contributed by atoms with Crippen molar-refractivity contribution in [2.24, 2.45) is 7.05 Å². The van der Waals surface area contributed by atoms with Crippen LogP contribution in [0.2, 0.25) is 0 Å². The molecular formula is C17H25N7. The molecule has 0 aromatic carbocycles. The summed E-state index contributed by atoms with van der Waals surface area (Å²) in [5.74, 6) is 1.72. The minimum atomic E-state index is 0.810. The summed E-state index contributed by atoms with van der Waals surface area (Å²) in [5, 5.41) is 12.4. The van der Waals surface area contributed by atoms with Crippen LogP contribution in [0.5, 0.6) is 0 Å². The monoisotopic (exact) mass is 327 g/mol. The minimum Gasteiger partial charge on any atom is -0.368 e. The van der Waals surface area contributed by atoms with E-state index in [4.69, 9.17) is 0 Å². The lowest BCUT2D eigenvalue weighted by Gasteiger charge is -2.10. The fraction of sp³-hybridized carbons (Fsp3) is 0.529. The van der Waals surface area contributed by atoms with Crippen molar-refractivity contribution in [3.8, 4) is 0 Å². The van der Waals surface area contributed by atoms with E-state index in [-0.39, 0.29) is 0 Å². The molecular weight excluding hydrogens is 302 g/mol. The van der Waals surface area contributed by atoms with Gasteiger partial charge in [-0.25, -0.2) is 9.97 Å². The number of hydrogen-bond acceptors (Lipinski definition) is 5. The molecule has 0 saturated carbocycles. The third kappa shape index (κ3) is 3.11. The van der Waals surface area contributed by atoms with Crippen molar-refractivity contribution < 1.29 is 0 Å². The Morgan fingerprint density at radius 3 is 2.58 bits per heavy atom. The van der Waals surface area contributed by atoms with E-state index in [1.54, 1.807) is 0 Å². The number of hydrogen-bond donors (Lipinski definition) is 1. The Bertz CT molecular complexity index is 860. The normalized spacial score (nSPS) is 11.4. The van der Waals surface area contributed by atoms with E-state index in [0.29, 0.717) is 0 Å². The Kier molecular flexibility index (Phi) is 4.51. The van der Waals surface area contributed by atoms with E-state index >= 15 is 0 Å². The molecule has 0 aliphatic rings. The summed E-state index contributed by atoms with van der Waals surface area (Å²) in [7, 11) is 1.94. The Labute approximate surface area is 142 Å². The lowest BCUT2D eigenvalue weighted by atomic mass is 10.3. The molecule has 3 aromatic rings. The van der Waals surface area contributed by atoms with Crippen LogP contribution in [0.1, 0.15) is 36.3 Å². The van der Waals surface area contributed by atoms with Crippen LogP contribution in [-0.4, -0.2) is 36.1 Å². The predicted octanol–water partition coefficient (Wildman–Crippen LogP) is 2.55. The lowest BCUT2D eigenvalue weighted by molar-refractivity contribution is 0.573. The highest BCUT2D eigenvalue weighted by atomic mass is 15.3. The van der Waals surface area contributed by atoms with Gasteiger partial charge < -0.3 is 5.32 Å². The highest BCUT2D eigenvalue weighted by Gasteiger charge is 2.14. The van der Waals surface area contributed by atoms with E-state index < -0.39 is 0 Å². The molecule has 0 unspecified atom stereocenters. The number of nitrogens with zero attached hydrogens (tertiary/aromatic N) is 6. The molecule has 0 spiro atoms. The molecule has 7 heteroatoms. The van der Waals surface area contributed by atoms with Gasteiger partial charge in [0.05, 0.1) is 11.4 Å². The van der Waals surface area contributed by atoms with Crippen LogP contribution >= 0.6 is 0 Å². The second-order valence-corrected chi connectivity index (χ2v) is 6.18. The molecule has 128 valence electrons. The standard InChI is InChI=1S/C17H25N7/c1-6-14-19-15-13(4)22-23(5)16(15)17(20-14)18-8-7-9-24-12(3)10-11(2)21-24/h10H,6-9H2,1-5H3,(H,18,19,20). The summed E-state index contributed by atoms with van der Waals surface area (Å²) in [6, 6.07) is 2.10. The largest absolute Gasteiger partial charge is 0.368 e. The van der Waals surface area contributed by atoms with Gasteiger partial charge >= 0.3 is 0 Å². The zero-order valence-corrected chi connectivity index (χ0v) is 15.1. The quantitative estimate of drug-likeness (QED) is 0.704. The molecule has 0 amide bonds. The molecule has 3 heterocycles. The van der Waals surface area contributed by atoms with Gasteiger partial charge in [-0.05, 0) is 33.3 Å². The van der Waals surface area contributed by atoms with Gasteiger partial charge in [-0.1, -0.05) is 6.92 Å². The smallest absolute Gasteiger partial charge is 0.156 e. The Balaban J connectivity index is 1.73. The zero-order valence-electron chi connectivity index (χ0n) is 15.1. The van der Waals surface area contributed by atoms with Crippen molar-refractivity contribution in [3.05, 3.63) is 29.0 Å². The van der Waals surface area contributed by atoms with Crippen molar-refractivity contribution in [2.45, 2.75) is 47.1 Å². The topological polar surface area (TPSA) is 73.5 Å². The molecule has 7 nitrogen and oxygen atoms in total. The first-order valence-electron chi connectivity index (χ1n) is 8.44. The highest BCUT2D eigenvalue weighted by molar-refractivity contribution is 5.87. The van der Waals surface area contributed by atoms with Crippen LogP contribution in [0.4, 0.5) is 5.82 Å². The van der Waals surface area contributed by atoms with Crippen molar-refractivity contribution >= 4 is 16.9 Å². The average molecular weight is 327 g/mol. The van der Waals surface area contributed by atoms with Crippen LogP contribution in [-0.2, 0) is 20.0 Å². The van der Waals surface area contributed by atoms with Gasteiger partial charge in [-0.2, -0.15) is 10.2 Å². The lowest BCUT2D eigenvalue weighted by Crippen LogP contribution is -2.11. The van der Waals surface area contributed by atoms with Crippen molar-refractivity contribution in [3.63, 3.8) is 0 Å². The number of anilines is 1. The summed E-state index contributed by atoms with van der Waals surface area (Å²) in [4.78, 5) is 9.27. The van der Waals surface area contributed by atoms with Crippen LogP contribution in [0.3, 0.4) is 0 Å². The molecule has 0 fully saturated rings. The summed E-state index contributed by atoms with van der Waals surface area (Å²) >= 11 is 0. The third-order valence-electron chi connectivity index (χ3n) is 4.16. The SMILES string of the molecule is CCc1nc(NCCCn2nc(C)cc2C)c2c(n1)c(C)nn2C. The second kappa shape index (κ2) is 6.59. The summed E-state index contributed by atoms with van der Waals surface area (Å²) in [6.45, 7) is 9.90. The minimum absolute atomic E-state index is 0.810. The Hall–Kier alpha value is -2.44. The number of fused-ring (bicyclic) bond motifs is 1. The van der Waals surface area contributed by atoms with Gasteiger partial charge in [-0.3, -0.25) is 9.36 Å². The van der Waals surface area contributed by atoms with E-state index in [1.807, 2.05) is 25.6 Å². The van der Waals surface area contributed by atoms with Gasteiger partial charge in [0, 0.05) is 32.3 Å². The summed E-state index contributed by atoms with van der Waals surface area (Å²) in [5.41, 5.74) is 5.11. The fourth-order valence-corrected chi connectivity index (χ4v) is 3.00. The van der Waals surface area contributed by atoms with Crippen LogP contribution in [0.25, 0.3) is 11.0 Å². The average Bonchev–Trinajstić information content (AvgIpc) is 3.02. The van der Waals surface area contributed by atoms with Gasteiger partial charge in [0.15, 0.2) is 5.82 Å². The van der Waals surface area contributed by atoms with Crippen LogP contribution < -0.4 is 5.32 Å². The number of nitrogens with one attached hydrogen (secondary N) is 1. The molecule has 0 aliphatic carbocycles. The van der Waals surface area contributed by atoms with Crippen molar-refractivity contribution in [1.82, 2.24) is 29.5 Å². The van der Waals surface area contributed by atoms with Crippen molar-refractivity contribution in [1.29, 1.82) is 0 Å². The van der Waals surface area contributed by atoms with E-state index in [0.717, 1.165) is 60.0 Å². The van der Waals surface area contributed by atoms with Crippen molar-refractivity contribution in [2.75, 3.05) is 11.9 Å². The first kappa shape index (κ1) is 16.4. The maximum absolute atomic E-state index is 4.65.